The molecule has 0 aliphatic heterocycles. The molecule has 1 aliphatic carbocycles. The van der Waals surface area contributed by atoms with E-state index in [2.05, 4.69) is 0 Å². The van der Waals surface area contributed by atoms with Crippen molar-refractivity contribution in [3.63, 3.8) is 0 Å². The number of benzene rings is 1. The normalized spacial score (nSPS) is 30.1. The van der Waals surface area contributed by atoms with E-state index in [-0.39, 0.29) is 0 Å². The monoisotopic (exact) mass is 222 g/mol. The van der Waals surface area contributed by atoms with Crippen LogP contribution in [0.2, 0.25) is 0 Å². The maximum Gasteiger partial charge on any atom is 0.118 e. The summed E-state index contributed by atoms with van der Waals surface area (Å²) in [5, 5.41) is 20.4. The number of methoxy groups -OCH3 is 1. The molecule has 3 heteroatoms. The number of hydrogen-bond donors (Lipinski definition) is 2. The summed E-state index contributed by atoms with van der Waals surface area (Å²) < 4.78 is 5.07. The Morgan fingerprint density at radius 2 is 1.94 bits per heavy atom. The standard InChI is InChI=1S/C13H18O3/c1-16-11-7-5-10(6-8-11)13(15)9-3-2-4-12(13)14/h5-8,12,14-15H,2-4,9H2,1H3/t12-,13+/m1/s1. The second-order valence-electron chi connectivity index (χ2n) is 4.41. The van der Waals surface area contributed by atoms with E-state index in [1.807, 2.05) is 24.3 Å². The van der Waals surface area contributed by atoms with Gasteiger partial charge < -0.3 is 14.9 Å². The fourth-order valence-electron chi connectivity index (χ4n) is 2.35. The lowest BCUT2D eigenvalue weighted by Crippen LogP contribution is -2.42. The third kappa shape index (κ3) is 1.93. The number of rotatable bonds is 2. The molecule has 16 heavy (non-hydrogen) atoms. The second-order valence-corrected chi connectivity index (χ2v) is 4.41. The first kappa shape index (κ1) is 11.4. The molecule has 88 valence electrons. The van der Waals surface area contributed by atoms with Crippen molar-refractivity contribution in [3.05, 3.63) is 29.8 Å². The minimum atomic E-state index is -1.08. The van der Waals surface area contributed by atoms with Gasteiger partial charge in [-0.1, -0.05) is 25.0 Å². The SMILES string of the molecule is COc1ccc([C@@]2(O)CCCC[C@H]2O)cc1. The average Bonchev–Trinajstić information content (AvgIpc) is 2.33. The first-order chi connectivity index (χ1) is 7.66. The third-order valence-electron chi connectivity index (χ3n) is 3.43. The molecule has 0 unspecified atom stereocenters. The molecule has 1 aromatic carbocycles. The summed E-state index contributed by atoms with van der Waals surface area (Å²) in [4.78, 5) is 0. The van der Waals surface area contributed by atoms with Gasteiger partial charge >= 0.3 is 0 Å². The van der Waals surface area contributed by atoms with Gasteiger partial charge in [-0.15, -0.1) is 0 Å². The quantitative estimate of drug-likeness (QED) is 0.802. The zero-order valence-corrected chi connectivity index (χ0v) is 9.52. The molecule has 0 amide bonds. The van der Waals surface area contributed by atoms with E-state index in [1.54, 1.807) is 7.11 Å². The smallest absolute Gasteiger partial charge is 0.118 e. The summed E-state index contributed by atoms with van der Waals surface area (Å²) in [6, 6.07) is 7.28. The van der Waals surface area contributed by atoms with Gasteiger partial charge in [0.25, 0.3) is 0 Å². The van der Waals surface area contributed by atoms with Crippen molar-refractivity contribution in [1.29, 1.82) is 0 Å². The zero-order valence-electron chi connectivity index (χ0n) is 9.52. The van der Waals surface area contributed by atoms with Crippen LogP contribution in [0.15, 0.2) is 24.3 Å². The molecule has 2 rings (SSSR count). The Morgan fingerprint density at radius 1 is 1.25 bits per heavy atom. The van der Waals surface area contributed by atoms with Crippen LogP contribution in [0.4, 0.5) is 0 Å². The molecule has 1 saturated carbocycles. The van der Waals surface area contributed by atoms with Crippen molar-refractivity contribution >= 4 is 0 Å². The van der Waals surface area contributed by atoms with Crippen LogP contribution < -0.4 is 4.74 Å². The number of ether oxygens (including phenoxy) is 1. The van der Waals surface area contributed by atoms with Crippen molar-refractivity contribution < 1.29 is 14.9 Å². The van der Waals surface area contributed by atoms with Crippen LogP contribution in [0, 0.1) is 0 Å². The Labute approximate surface area is 95.7 Å². The molecule has 0 aromatic heterocycles. The largest absolute Gasteiger partial charge is 0.497 e. The lowest BCUT2D eigenvalue weighted by Gasteiger charge is -2.37. The van der Waals surface area contributed by atoms with Crippen LogP contribution in [0.1, 0.15) is 31.2 Å². The molecule has 0 spiro atoms. The summed E-state index contributed by atoms with van der Waals surface area (Å²) in [6.45, 7) is 0. The predicted molar refractivity (Wildman–Crippen MR) is 61.4 cm³/mol. The van der Waals surface area contributed by atoms with Gasteiger partial charge in [0.1, 0.15) is 11.4 Å². The minimum Gasteiger partial charge on any atom is -0.497 e. The highest BCUT2D eigenvalue weighted by Gasteiger charge is 2.39. The van der Waals surface area contributed by atoms with E-state index < -0.39 is 11.7 Å². The highest BCUT2D eigenvalue weighted by molar-refractivity contribution is 5.31. The Bertz CT molecular complexity index is 347. The van der Waals surface area contributed by atoms with E-state index in [9.17, 15) is 10.2 Å². The highest BCUT2D eigenvalue weighted by atomic mass is 16.5. The van der Waals surface area contributed by atoms with Gasteiger partial charge in [-0.25, -0.2) is 0 Å². The Balaban J connectivity index is 2.26. The first-order valence-electron chi connectivity index (χ1n) is 5.72. The van der Waals surface area contributed by atoms with Crippen molar-refractivity contribution in [1.82, 2.24) is 0 Å². The van der Waals surface area contributed by atoms with Crippen LogP contribution >= 0.6 is 0 Å². The van der Waals surface area contributed by atoms with Crippen molar-refractivity contribution in [3.8, 4) is 5.75 Å². The molecule has 0 heterocycles. The maximum atomic E-state index is 10.5. The molecule has 0 saturated heterocycles. The van der Waals surface area contributed by atoms with Crippen LogP contribution in [0.5, 0.6) is 5.75 Å². The Kier molecular flexibility index (Phi) is 3.17. The third-order valence-corrected chi connectivity index (χ3v) is 3.43. The van der Waals surface area contributed by atoms with Crippen molar-refractivity contribution in [2.45, 2.75) is 37.4 Å². The van der Waals surface area contributed by atoms with Gasteiger partial charge in [0.05, 0.1) is 13.2 Å². The zero-order chi connectivity index (χ0) is 11.6. The fraction of sp³-hybridized carbons (Fsp3) is 0.538. The predicted octanol–water partition coefficient (Wildman–Crippen LogP) is 1.82. The van der Waals surface area contributed by atoms with Crippen molar-refractivity contribution in [2.24, 2.45) is 0 Å². The fourth-order valence-corrected chi connectivity index (χ4v) is 2.35. The van der Waals surface area contributed by atoms with Crippen LogP contribution in [-0.2, 0) is 5.60 Å². The Morgan fingerprint density at radius 3 is 2.50 bits per heavy atom. The number of hydrogen-bond acceptors (Lipinski definition) is 3. The number of aliphatic hydroxyl groups is 2. The molecule has 1 aliphatic rings. The second kappa shape index (κ2) is 4.44. The lowest BCUT2D eigenvalue weighted by atomic mass is 9.77. The molecule has 2 N–H and O–H groups in total. The van der Waals surface area contributed by atoms with E-state index >= 15 is 0 Å². The van der Waals surface area contributed by atoms with Gasteiger partial charge in [-0.05, 0) is 30.5 Å². The van der Waals surface area contributed by atoms with E-state index in [4.69, 9.17) is 4.74 Å². The summed E-state index contributed by atoms with van der Waals surface area (Å²) in [7, 11) is 1.61. The van der Waals surface area contributed by atoms with Crippen molar-refractivity contribution in [2.75, 3.05) is 7.11 Å². The molecule has 0 bridgehead atoms. The van der Waals surface area contributed by atoms with Crippen LogP contribution in [0.3, 0.4) is 0 Å². The average molecular weight is 222 g/mol. The topological polar surface area (TPSA) is 49.7 Å². The molecule has 0 radical (unpaired) electrons. The van der Waals surface area contributed by atoms with Gasteiger partial charge in [-0.3, -0.25) is 0 Å². The highest BCUT2D eigenvalue weighted by Crippen LogP contribution is 2.37. The lowest BCUT2D eigenvalue weighted by molar-refractivity contribution is -0.106. The van der Waals surface area contributed by atoms with Gasteiger partial charge in [0.2, 0.25) is 0 Å². The molecular weight excluding hydrogens is 204 g/mol. The summed E-state index contributed by atoms with van der Waals surface area (Å²) in [5.74, 6) is 0.762. The summed E-state index contributed by atoms with van der Waals surface area (Å²) in [5.41, 5.74) is -0.301. The maximum absolute atomic E-state index is 10.5. The molecule has 2 atom stereocenters. The van der Waals surface area contributed by atoms with Crippen LogP contribution in [-0.4, -0.2) is 23.4 Å². The summed E-state index contributed by atoms with van der Waals surface area (Å²) in [6.07, 6.45) is 2.58. The minimum absolute atomic E-state index is 0.625. The van der Waals surface area contributed by atoms with Gasteiger partial charge in [-0.2, -0.15) is 0 Å². The molecular formula is C13H18O3. The summed E-state index contributed by atoms with van der Waals surface area (Å²) >= 11 is 0. The molecule has 1 aromatic rings. The Hall–Kier alpha value is -1.06. The van der Waals surface area contributed by atoms with E-state index in [1.165, 1.54) is 0 Å². The van der Waals surface area contributed by atoms with E-state index in [0.717, 1.165) is 24.2 Å². The van der Waals surface area contributed by atoms with Gasteiger partial charge in [0.15, 0.2) is 0 Å². The first-order valence-corrected chi connectivity index (χ1v) is 5.72. The molecule has 3 nitrogen and oxygen atoms in total. The number of aliphatic hydroxyl groups excluding tert-OH is 1. The van der Waals surface area contributed by atoms with Crippen LogP contribution in [0.25, 0.3) is 0 Å². The van der Waals surface area contributed by atoms with Gasteiger partial charge in [0, 0.05) is 0 Å². The van der Waals surface area contributed by atoms with E-state index in [0.29, 0.717) is 12.8 Å². The molecule has 1 fully saturated rings.